The minimum absolute atomic E-state index is 0.0865. The molecule has 7 nitrogen and oxygen atoms in total. The first kappa shape index (κ1) is 13.0. The summed E-state index contributed by atoms with van der Waals surface area (Å²) in [6.45, 7) is 0.669. The van der Waals surface area contributed by atoms with Gasteiger partial charge in [-0.15, -0.1) is 0 Å². The van der Waals surface area contributed by atoms with E-state index in [1.807, 2.05) is 0 Å². The van der Waals surface area contributed by atoms with Crippen molar-refractivity contribution in [1.82, 2.24) is 9.97 Å². The molecule has 1 saturated heterocycles. The molecule has 2 heterocycles. The highest BCUT2D eigenvalue weighted by atomic mass is 35.5. The largest absolute Gasteiger partial charge is 0.481 e. The Morgan fingerprint density at radius 3 is 3.00 bits per heavy atom. The molecule has 0 aliphatic carbocycles. The van der Waals surface area contributed by atoms with E-state index >= 15 is 0 Å². The molecule has 2 unspecified atom stereocenters. The molecule has 0 spiro atoms. The van der Waals surface area contributed by atoms with E-state index in [0.717, 1.165) is 0 Å². The zero-order chi connectivity index (χ0) is 13.1. The zero-order valence-electron chi connectivity index (χ0n) is 9.72. The van der Waals surface area contributed by atoms with Crippen LogP contribution in [0.25, 0.3) is 0 Å². The van der Waals surface area contributed by atoms with E-state index in [0.29, 0.717) is 13.2 Å². The first-order valence-electron chi connectivity index (χ1n) is 5.33. The molecule has 1 aliphatic heterocycles. The lowest BCUT2D eigenvalue weighted by molar-refractivity contribution is -0.120. The van der Waals surface area contributed by atoms with Crippen molar-refractivity contribution in [2.75, 3.05) is 25.6 Å². The van der Waals surface area contributed by atoms with E-state index in [9.17, 15) is 4.79 Å². The average Bonchev–Trinajstić information content (AvgIpc) is 2.74. The van der Waals surface area contributed by atoms with Crippen LogP contribution in [0.1, 0.15) is 0 Å². The van der Waals surface area contributed by atoms with Crippen molar-refractivity contribution in [3.8, 4) is 5.88 Å². The van der Waals surface area contributed by atoms with Crippen molar-refractivity contribution in [2.24, 2.45) is 11.7 Å². The summed E-state index contributed by atoms with van der Waals surface area (Å²) in [5, 5.41) is 2.73. The number of anilines is 1. The Balaban J connectivity index is 2.09. The number of halogens is 1. The molecule has 0 saturated carbocycles. The van der Waals surface area contributed by atoms with Gasteiger partial charge >= 0.3 is 0 Å². The van der Waals surface area contributed by atoms with Gasteiger partial charge in [-0.1, -0.05) is 11.6 Å². The minimum Gasteiger partial charge on any atom is -0.481 e. The Kier molecular flexibility index (Phi) is 3.95. The number of nitrogens with zero attached hydrogens (tertiary/aromatic N) is 2. The van der Waals surface area contributed by atoms with E-state index < -0.39 is 5.92 Å². The maximum absolute atomic E-state index is 11.9. The molecule has 0 radical (unpaired) electrons. The van der Waals surface area contributed by atoms with Gasteiger partial charge in [-0.25, -0.2) is 4.98 Å². The fourth-order valence-corrected chi connectivity index (χ4v) is 1.77. The molecular formula is C10H13ClN4O3. The summed E-state index contributed by atoms with van der Waals surface area (Å²) in [4.78, 5) is 19.7. The fourth-order valence-electron chi connectivity index (χ4n) is 1.60. The Bertz CT molecular complexity index is 457. The number of hydrogen-bond donors (Lipinski definition) is 2. The van der Waals surface area contributed by atoms with E-state index in [4.69, 9.17) is 26.8 Å². The van der Waals surface area contributed by atoms with Crippen LogP contribution in [0.2, 0.25) is 5.15 Å². The van der Waals surface area contributed by atoms with Gasteiger partial charge in [0.25, 0.3) is 0 Å². The van der Waals surface area contributed by atoms with E-state index in [-0.39, 0.29) is 28.9 Å². The maximum Gasteiger partial charge on any atom is 0.234 e. The predicted molar refractivity (Wildman–Crippen MR) is 64.5 cm³/mol. The monoisotopic (exact) mass is 272 g/mol. The molecule has 18 heavy (non-hydrogen) atoms. The second kappa shape index (κ2) is 5.47. The van der Waals surface area contributed by atoms with Crippen LogP contribution in [0.4, 0.5) is 5.95 Å². The summed E-state index contributed by atoms with van der Waals surface area (Å²) in [6.07, 6.45) is 0. The standard InChI is InChI=1S/C10H13ClN4O3/c1-17-8-2-7(11)13-10(14-8)15-9(16)5-3-18-4-6(5)12/h2,5-6H,3-4,12H2,1H3,(H,13,14,15,16). The number of nitrogens with one attached hydrogen (secondary N) is 1. The van der Waals surface area contributed by atoms with E-state index in [1.54, 1.807) is 0 Å². The van der Waals surface area contributed by atoms with Crippen LogP contribution in [-0.2, 0) is 9.53 Å². The highest BCUT2D eigenvalue weighted by Crippen LogP contribution is 2.18. The van der Waals surface area contributed by atoms with Crippen molar-refractivity contribution in [1.29, 1.82) is 0 Å². The third-order valence-electron chi connectivity index (χ3n) is 2.58. The van der Waals surface area contributed by atoms with Crippen LogP contribution in [0.15, 0.2) is 6.07 Å². The lowest BCUT2D eigenvalue weighted by Gasteiger charge is -2.12. The van der Waals surface area contributed by atoms with Gasteiger partial charge in [0.1, 0.15) is 5.15 Å². The minimum atomic E-state index is -0.404. The van der Waals surface area contributed by atoms with Crippen molar-refractivity contribution in [3.05, 3.63) is 11.2 Å². The number of carbonyl (C=O) groups is 1. The molecule has 0 bridgehead atoms. The Hall–Kier alpha value is -1.44. The van der Waals surface area contributed by atoms with Crippen LogP contribution < -0.4 is 15.8 Å². The Labute approximate surface area is 109 Å². The normalized spacial score (nSPS) is 22.8. The lowest BCUT2D eigenvalue weighted by atomic mass is 10.0. The van der Waals surface area contributed by atoms with Gasteiger partial charge in [-0.2, -0.15) is 4.98 Å². The molecule has 0 aromatic carbocycles. The third kappa shape index (κ3) is 2.87. The summed E-state index contributed by atoms with van der Waals surface area (Å²) in [5.41, 5.74) is 5.74. The Morgan fingerprint density at radius 2 is 2.39 bits per heavy atom. The number of carbonyl (C=O) groups excluding carboxylic acids is 1. The second-order valence-electron chi connectivity index (χ2n) is 3.85. The summed E-state index contributed by atoms with van der Waals surface area (Å²) >= 11 is 5.77. The first-order valence-corrected chi connectivity index (χ1v) is 5.70. The second-order valence-corrected chi connectivity index (χ2v) is 4.24. The molecule has 1 aliphatic rings. The van der Waals surface area contributed by atoms with Crippen molar-refractivity contribution < 1.29 is 14.3 Å². The maximum atomic E-state index is 11.9. The molecule has 3 N–H and O–H groups in total. The molecule has 2 atom stereocenters. The highest BCUT2D eigenvalue weighted by Gasteiger charge is 2.31. The average molecular weight is 273 g/mol. The quantitative estimate of drug-likeness (QED) is 0.755. The number of ether oxygens (including phenoxy) is 2. The third-order valence-corrected chi connectivity index (χ3v) is 2.77. The van der Waals surface area contributed by atoms with Gasteiger partial charge in [0, 0.05) is 12.1 Å². The molecule has 1 fully saturated rings. The van der Waals surface area contributed by atoms with Crippen molar-refractivity contribution in [3.63, 3.8) is 0 Å². The number of rotatable bonds is 3. The molecule has 1 amide bonds. The van der Waals surface area contributed by atoms with Crippen molar-refractivity contribution >= 4 is 23.5 Å². The molecule has 1 aromatic rings. The van der Waals surface area contributed by atoms with Gasteiger partial charge in [0.2, 0.25) is 17.7 Å². The number of aromatic nitrogens is 2. The van der Waals surface area contributed by atoms with Gasteiger partial charge in [0.05, 0.1) is 26.2 Å². The smallest absolute Gasteiger partial charge is 0.234 e. The summed E-state index contributed by atoms with van der Waals surface area (Å²) in [7, 11) is 1.45. The molecule has 8 heteroatoms. The van der Waals surface area contributed by atoms with E-state index in [1.165, 1.54) is 13.2 Å². The summed E-state index contributed by atoms with van der Waals surface area (Å²) in [6, 6.07) is 1.13. The molecule has 98 valence electrons. The van der Waals surface area contributed by atoms with Crippen LogP contribution in [-0.4, -0.2) is 42.2 Å². The highest BCUT2D eigenvalue weighted by molar-refractivity contribution is 6.29. The number of hydrogen-bond acceptors (Lipinski definition) is 6. The van der Waals surface area contributed by atoms with Gasteiger partial charge in [-0.3, -0.25) is 10.1 Å². The van der Waals surface area contributed by atoms with Gasteiger partial charge in [0.15, 0.2) is 0 Å². The summed E-state index contributed by atoms with van der Waals surface area (Å²) < 4.78 is 10.0. The lowest BCUT2D eigenvalue weighted by Crippen LogP contribution is -2.37. The molecule has 2 rings (SSSR count). The van der Waals surface area contributed by atoms with Crippen LogP contribution in [0.5, 0.6) is 5.88 Å². The number of nitrogens with two attached hydrogens (primary N) is 1. The number of amides is 1. The molecular weight excluding hydrogens is 260 g/mol. The fraction of sp³-hybridized carbons (Fsp3) is 0.500. The van der Waals surface area contributed by atoms with Crippen LogP contribution in [0.3, 0.4) is 0 Å². The van der Waals surface area contributed by atoms with Gasteiger partial charge in [-0.05, 0) is 0 Å². The SMILES string of the molecule is COc1cc(Cl)nc(NC(=O)C2COCC2N)n1. The van der Waals surface area contributed by atoms with Crippen LogP contribution in [0, 0.1) is 5.92 Å². The van der Waals surface area contributed by atoms with E-state index in [2.05, 4.69) is 15.3 Å². The van der Waals surface area contributed by atoms with Crippen LogP contribution >= 0.6 is 11.6 Å². The summed E-state index contributed by atoms with van der Waals surface area (Å²) in [5.74, 6) is -0.330. The Morgan fingerprint density at radius 1 is 1.61 bits per heavy atom. The van der Waals surface area contributed by atoms with Crippen molar-refractivity contribution in [2.45, 2.75) is 6.04 Å². The predicted octanol–water partition coefficient (Wildman–Crippen LogP) is 0.0508. The topological polar surface area (TPSA) is 99.4 Å². The zero-order valence-corrected chi connectivity index (χ0v) is 10.5. The molecule has 1 aromatic heterocycles. The number of methoxy groups -OCH3 is 1. The first-order chi connectivity index (χ1) is 8.60. The van der Waals surface area contributed by atoms with Gasteiger partial charge < -0.3 is 15.2 Å².